The first kappa shape index (κ1) is 21.5. The Hall–Kier alpha value is -3.17. The van der Waals surface area contributed by atoms with E-state index in [1.165, 1.54) is 13.0 Å². The van der Waals surface area contributed by atoms with E-state index in [2.05, 4.69) is 15.3 Å². The molecule has 0 bridgehead atoms. The average molecular weight is 451 g/mol. The van der Waals surface area contributed by atoms with Crippen molar-refractivity contribution in [1.29, 1.82) is 0 Å². The third-order valence-electron chi connectivity index (χ3n) is 4.76. The Kier molecular flexibility index (Phi) is 6.23. The summed E-state index contributed by atoms with van der Waals surface area (Å²) in [5.41, 5.74) is 0.683. The largest absolute Gasteiger partial charge is 0.348 e. The highest BCUT2D eigenvalue weighted by Crippen LogP contribution is 2.27. The molecule has 0 atom stereocenters. The van der Waals surface area contributed by atoms with Gasteiger partial charge in [-0.15, -0.1) is 23.2 Å². The lowest BCUT2D eigenvalue weighted by Gasteiger charge is -2.13. The molecule has 0 unspecified atom stereocenters. The number of nitro benzene ring substituents is 1. The monoisotopic (exact) mass is 450 g/mol. The summed E-state index contributed by atoms with van der Waals surface area (Å²) in [5.74, 6) is 0.00848. The molecule has 1 heterocycles. The Bertz CT molecular complexity index is 1280. The van der Waals surface area contributed by atoms with Crippen molar-refractivity contribution in [3.05, 3.63) is 82.9 Å². The van der Waals surface area contributed by atoms with Crippen molar-refractivity contribution in [3.63, 3.8) is 0 Å². The molecule has 0 saturated heterocycles. The second kappa shape index (κ2) is 8.68. The highest BCUT2D eigenvalue weighted by molar-refractivity contribution is 6.18. The van der Waals surface area contributed by atoms with Crippen LogP contribution in [0.3, 0.4) is 0 Å². The van der Waals surface area contributed by atoms with E-state index in [0.717, 1.165) is 11.1 Å². The van der Waals surface area contributed by atoms with E-state index in [1.807, 2.05) is 0 Å². The Balaban J connectivity index is 2.01. The molecule has 3 rings (SSSR count). The van der Waals surface area contributed by atoms with Crippen LogP contribution in [0.15, 0.2) is 33.9 Å². The Labute approximate surface area is 179 Å². The molecule has 0 spiro atoms. The quantitative estimate of drug-likeness (QED) is 0.229. The van der Waals surface area contributed by atoms with Crippen LogP contribution in [0.4, 0.5) is 5.69 Å². The topological polar surface area (TPSA) is 138 Å². The van der Waals surface area contributed by atoms with Gasteiger partial charge in [0.2, 0.25) is 0 Å². The highest BCUT2D eigenvalue weighted by atomic mass is 35.5. The van der Waals surface area contributed by atoms with E-state index in [9.17, 15) is 24.5 Å². The van der Waals surface area contributed by atoms with Gasteiger partial charge in [-0.3, -0.25) is 24.5 Å². The number of amides is 1. The number of rotatable bonds is 6. The van der Waals surface area contributed by atoms with Crippen LogP contribution in [0.5, 0.6) is 0 Å². The zero-order valence-electron chi connectivity index (χ0n) is 15.7. The number of aromatic amines is 2. The second-order valence-corrected chi connectivity index (χ2v) is 7.06. The number of fused-ring (bicyclic) bond motifs is 1. The first-order chi connectivity index (χ1) is 14.3. The number of nitrogens with zero attached hydrogens (tertiary/aromatic N) is 1. The van der Waals surface area contributed by atoms with Crippen LogP contribution in [0.2, 0.25) is 0 Å². The fourth-order valence-corrected chi connectivity index (χ4v) is 3.63. The lowest BCUT2D eigenvalue weighted by atomic mass is 10.0. The van der Waals surface area contributed by atoms with Crippen molar-refractivity contribution in [1.82, 2.24) is 15.3 Å². The van der Waals surface area contributed by atoms with Gasteiger partial charge in [0.15, 0.2) is 0 Å². The molecule has 0 fully saturated rings. The summed E-state index contributed by atoms with van der Waals surface area (Å²) in [6, 6.07) is 6.10. The number of aromatic nitrogens is 2. The molecule has 0 aliphatic carbocycles. The van der Waals surface area contributed by atoms with Crippen LogP contribution < -0.4 is 16.4 Å². The SMILES string of the molecule is Cc1c([N+](=O)[O-])cc2[nH]c(=O)c(=O)[nH]c2c1CNC(=O)c1ccc(CCl)c(CCl)c1. The van der Waals surface area contributed by atoms with Crippen LogP contribution in [-0.4, -0.2) is 20.8 Å². The number of nitro groups is 1. The zero-order valence-corrected chi connectivity index (χ0v) is 17.2. The summed E-state index contributed by atoms with van der Waals surface area (Å²) in [6.07, 6.45) is 0. The van der Waals surface area contributed by atoms with Gasteiger partial charge in [-0.25, -0.2) is 0 Å². The van der Waals surface area contributed by atoms with Crippen molar-refractivity contribution in [2.75, 3.05) is 0 Å². The van der Waals surface area contributed by atoms with Crippen LogP contribution in [0.1, 0.15) is 32.6 Å². The fourth-order valence-electron chi connectivity index (χ4n) is 3.12. The number of hydrogen-bond acceptors (Lipinski definition) is 5. The number of hydrogen-bond donors (Lipinski definition) is 3. The zero-order chi connectivity index (χ0) is 22.0. The summed E-state index contributed by atoms with van der Waals surface area (Å²) in [5, 5.41) is 14.1. The molecular formula is C19H16Cl2N4O5. The van der Waals surface area contributed by atoms with E-state index in [0.29, 0.717) is 11.1 Å². The minimum atomic E-state index is -0.927. The molecule has 0 radical (unpaired) electrons. The van der Waals surface area contributed by atoms with Gasteiger partial charge < -0.3 is 15.3 Å². The minimum absolute atomic E-state index is 0.0945. The van der Waals surface area contributed by atoms with Crippen molar-refractivity contribution >= 4 is 45.8 Å². The Morgan fingerprint density at radius 1 is 1.10 bits per heavy atom. The van der Waals surface area contributed by atoms with E-state index in [-0.39, 0.29) is 40.6 Å². The van der Waals surface area contributed by atoms with E-state index in [1.54, 1.807) is 18.2 Å². The molecule has 1 amide bonds. The smallest absolute Gasteiger partial charge is 0.314 e. The van der Waals surface area contributed by atoms with Crippen LogP contribution in [0.25, 0.3) is 11.0 Å². The van der Waals surface area contributed by atoms with Crippen molar-refractivity contribution < 1.29 is 9.72 Å². The van der Waals surface area contributed by atoms with Gasteiger partial charge in [-0.05, 0) is 30.2 Å². The predicted molar refractivity (Wildman–Crippen MR) is 113 cm³/mol. The number of carbonyl (C=O) groups is 1. The Morgan fingerprint density at radius 3 is 2.40 bits per heavy atom. The number of benzene rings is 2. The number of carbonyl (C=O) groups excluding carboxylic acids is 1. The van der Waals surface area contributed by atoms with Crippen molar-refractivity contribution in [2.24, 2.45) is 0 Å². The minimum Gasteiger partial charge on any atom is -0.348 e. The first-order valence-corrected chi connectivity index (χ1v) is 9.78. The van der Waals surface area contributed by atoms with E-state index in [4.69, 9.17) is 23.2 Å². The number of alkyl halides is 2. The number of halogens is 2. The number of nitrogens with one attached hydrogen (secondary N) is 3. The summed E-state index contributed by atoms with van der Waals surface area (Å²) >= 11 is 11.8. The van der Waals surface area contributed by atoms with E-state index >= 15 is 0 Å². The standard InChI is InChI=1S/C19H16Cl2N4O5/c1-9-13(8-22-17(26)10-2-3-11(6-20)12(4-10)7-21)16-14(5-15(9)25(29)30)23-18(27)19(28)24-16/h2-5H,6-8H2,1H3,(H,22,26)(H,23,27)(H,24,28). The molecule has 0 saturated carbocycles. The molecule has 9 nitrogen and oxygen atoms in total. The molecule has 2 aromatic carbocycles. The normalized spacial score (nSPS) is 10.9. The van der Waals surface area contributed by atoms with Crippen LogP contribution in [-0.2, 0) is 18.3 Å². The molecule has 30 heavy (non-hydrogen) atoms. The fraction of sp³-hybridized carbons (Fsp3) is 0.211. The maximum absolute atomic E-state index is 12.6. The van der Waals surface area contributed by atoms with Gasteiger partial charge in [-0.1, -0.05) is 6.07 Å². The summed E-state index contributed by atoms with van der Waals surface area (Å²) in [7, 11) is 0. The Morgan fingerprint density at radius 2 is 1.77 bits per heavy atom. The molecule has 11 heteroatoms. The van der Waals surface area contributed by atoms with Gasteiger partial charge in [0.05, 0.1) is 16.0 Å². The molecule has 3 N–H and O–H groups in total. The van der Waals surface area contributed by atoms with Gasteiger partial charge in [-0.2, -0.15) is 0 Å². The van der Waals surface area contributed by atoms with Gasteiger partial charge in [0.1, 0.15) is 0 Å². The summed E-state index contributed by atoms with van der Waals surface area (Å²) in [6.45, 7) is 1.39. The van der Waals surface area contributed by atoms with Gasteiger partial charge in [0.25, 0.3) is 11.6 Å². The van der Waals surface area contributed by atoms with Crippen LogP contribution >= 0.6 is 23.2 Å². The predicted octanol–water partition coefficient (Wildman–Crippen LogP) is 2.84. The molecule has 0 aliphatic heterocycles. The molecule has 3 aromatic rings. The third-order valence-corrected chi connectivity index (χ3v) is 5.34. The van der Waals surface area contributed by atoms with Crippen molar-refractivity contribution in [2.45, 2.75) is 25.2 Å². The highest BCUT2D eigenvalue weighted by Gasteiger charge is 2.20. The number of H-pyrrole nitrogens is 2. The van der Waals surface area contributed by atoms with Crippen LogP contribution in [0, 0.1) is 17.0 Å². The van der Waals surface area contributed by atoms with Gasteiger partial charge >= 0.3 is 11.1 Å². The molecule has 156 valence electrons. The van der Waals surface area contributed by atoms with Crippen molar-refractivity contribution in [3.8, 4) is 0 Å². The lowest BCUT2D eigenvalue weighted by Crippen LogP contribution is -2.30. The average Bonchev–Trinajstić information content (AvgIpc) is 2.73. The maximum atomic E-state index is 12.6. The lowest BCUT2D eigenvalue weighted by molar-refractivity contribution is -0.385. The summed E-state index contributed by atoms with van der Waals surface area (Å²) in [4.78, 5) is 51.5. The molecular weight excluding hydrogens is 435 g/mol. The summed E-state index contributed by atoms with van der Waals surface area (Å²) < 4.78 is 0. The second-order valence-electron chi connectivity index (χ2n) is 6.52. The maximum Gasteiger partial charge on any atom is 0.314 e. The molecule has 1 aromatic heterocycles. The third kappa shape index (κ3) is 4.07. The first-order valence-electron chi connectivity index (χ1n) is 8.72. The van der Waals surface area contributed by atoms with E-state index < -0.39 is 21.9 Å². The van der Waals surface area contributed by atoms with Gasteiger partial charge in [0, 0.05) is 41.1 Å². The molecule has 0 aliphatic rings.